The summed E-state index contributed by atoms with van der Waals surface area (Å²) in [6.45, 7) is 0. The van der Waals surface area contributed by atoms with E-state index < -0.39 is 5.63 Å². The van der Waals surface area contributed by atoms with Crippen LogP contribution in [-0.2, 0) is 4.79 Å². The molecule has 3 heteroatoms. The summed E-state index contributed by atoms with van der Waals surface area (Å²) in [6, 6.07) is 2.51. The van der Waals surface area contributed by atoms with Gasteiger partial charge in [0.25, 0.3) is 0 Å². The topological polar surface area (TPSA) is 47.3 Å². The number of hydrogen-bond acceptors (Lipinski definition) is 3. The van der Waals surface area contributed by atoms with Gasteiger partial charge in [0.05, 0.1) is 5.56 Å². The lowest BCUT2D eigenvalue weighted by molar-refractivity contribution is 0.506. The van der Waals surface area contributed by atoms with Gasteiger partial charge < -0.3 is 4.42 Å². The molecule has 0 unspecified atom stereocenters. The SMILES string of the molecule is O=[C]c1ccc(=O)oc1. The van der Waals surface area contributed by atoms with E-state index in [1.54, 1.807) is 6.29 Å². The summed E-state index contributed by atoms with van der Waals surface area (Å²) >= 11 is 0. The zero-order valence-electron chi connectivity index (χ0n) is 4.46. The molecule has 1 heterocycles. The Kier molecular flexibility index (Phi) is 1.44. The quantitative estimate of drug-likeness (QED) is 0.532. The molecule has 0 saturated heterocycles. The monoisotopic (exact) mass is 123 g/mol. The fourth-order valence-electron chi connectivity index (χ4n) is 0.416. The fourth-order valence-corrected chi connectivity index (χ4v) is 0.416. The smallest absolute Gasteiger partial charge is 0.335 e. The van der Waals surface area contributed by atoms with Gasteiger partial charge in [-0.05, 0) is 6.07 Å². The molecule has 1 radical (unpaired) electrons. The zero-order valence-corrected chi connectivity index (χ0v) is 4.46. The van der Waals surface area contributed by atoms with Gasteiger partial charge in [-0.3, -0.25) is 4.79 Å². The summed E-state index contributed by atoms with van der Waals surface area (Å²) in [5, 5.41) is 0. The van der Waals surface area contributed by atoms with Crippen LogP contribution in [-0.4, -0.2) is 6.29 Å². The molecule has 0 amide bonds. The Hall–Kier alpha value is -1.38. The van der Waals surface area contributed by atoms with Crippen LogP contribution < -0.4 is 5.63 Å². The van der Waals surface area contributed by atoms with E-state index in [1.165, 1.54) is 12.1 Å². The van der Waals surface area contributed by atoms with Gasteiger partial charge in [-0.1, -0.05) is 0 Å². The van der Waals surface area contributed by atoms with Gasteiger partial charge in [0.15, 0.2) is 0 Å². The number of hydrogen-bond donors (Lipinski definition) is 0. The largest absolute Gasteiger partial charge is 0.431 e. The second kappa shape index (κ2) is 2.26. The van der Waals surface area contributed by atoms with E-state index in [0.717, 1.165) is 6.26 Å². The molecule has 9 heavy (non-hydrogen) atoms. The molecule has 0 fully saturated rings. The Morgan fingerprint density at radius 3 is 2.67 bits per heavy atom. The summed E-state index contributed by atoms with van der Waals surface area (Å²) < 4.78 is 4.33. The minimum atomic E-state index is -0.464. The predicted molar refractivity (Wildman–Crippen MR) is 29.8 cm³/mol. The van der Waals surface area contributed by atoms with Crippen LogP contribution in [0.2, 0.25) is 0 Å². The lowest BCUT2D eigenvalue weighted by Crippen LogP contribution is -1.94. The summed E-state index contributed by atoms with van der Waals surface area (Å²) in [5.74, 6) is 0. The first kappa shape index (κ1) is 5.75. The molecule has 3 nitrogen and oxygen atoms in total. The maximum atomic E-state index is 10.2. The Morgan fingerprint density at radius 2 is 2.22 bits per heavy atom. The molecule has 0 aliphatic rings. The lowest BCUT2D eigenvalue weighted by Gasteiger charge is -1.80. The number of carbonyl (C=O) groups excluding carboxylic acids is 1. The number of rotatable bonds is 1. The standard InChI is InChI=1S/C6H3O3/c7-3-5-1-2-6(8)9-4-5/h1-2,4H. The molecule has 0 aromatic carbocycles. The maximum absolute atomic E-state index is 10.2. The van der Waals surface area contributed by atoms with Crippen molar-refractivity contribution in [1.82, 2.24) is 0 Å². The van der Waals surface area contributed by atoms with Gasteiger partial charge in [0, 0.05) is 6.07 Å². The van der Waals surface area contributed by atoms with E-state index in [2.05, 4.69) is 4.42 Å². The minimum Gasteiger partial charge on any atom is -0.431 e. The zero-order chi connectivity index (χ0) is 6.69. The summed E-state index contributed by atoms with van der Waals surface area (Å²) in [5.41, 5.74) is -0.219. The van der Waals surface area contributed by atoms with Crippen LogP contribution in [0.1, 0.15) is 5.56 Å². The van der Waals surface area contributed by atoms with Gasteiger partial charge in [-0.15, -0.1) is 0 Å². The van der Waals surface area contributed by atoms with Crippen LogP contribution in [0.5, 0.6) is 0 Å². The molecule has 0 saturated carbocycles. The first-order valence-electron chi connectivity index (χ1n) is 2.30. The molecule has 0 aliphatic carbocycles. The van der Waals surface area contributed by atoms with Crippen LogP contribution in [0.15, 0.2) is 27.6 Å². The van der Waals surface area contributed by atoms with E-state index in [-0.39, 0.29) is 5.56 Å². The molecule has 45 valence electrons. The summed E-state index contributed by atoms with van der Waals surface area (Å²) in [6.07, 6.45) is 2.64. The normalized spacial score (nSPS) is 8.89. The van der Waals surface area contributed by atoms with Gasteiger partial charge in [-0.25, -0.2) is 4.79 Å². The fraction of sp³-hybridized carbons (Fsp3) is 0. The molecule has 0 N–H and O–H groups in total. The lowest BCUT2D eigenvalue weighted by atomic mass is 10.3. The average molecular weight is 123 g/mol. The van der Waals surface area contributed by atoms with Crippen molar-refractivity contribution in [3.05, 3.63) is 34.4 Å². The predicted octanol–water partition coefficient (Wildman–Crippen LogP) is 0.0976. The molecule has 1 aromatic rings. The highest BCUT2D eigenvalue weighted by atomic mass is 16.4. The van der Waals surface area contributed by atoms with E-state index >= 15 is 0 Å². The molecule has 0 atom stereocenters. The Balaban J connectivity index is 3.16. The van der Waals surface area contributed by atoms with Gasteiger partial charge in [0.2, 0.25) is 6.29 Å². The molecule has 1 rings (SSSR count). The van der Waals surface area contributed by atoms with Crippen LogP contribution in [0.3, 0.4) is 0 Å². The Labute approximate surface area is 50.9 Å². The van der Waals surface area contributed by atoms with Crippen molar-refractivity contribution in [2.24, 2.45) is 0 Å². The van der Waals surface area contributed by atoms with Crippen molar-refractivity contribution in [3.8, 4) is 0 Å². The van der Waals surface area contributed by atoms with Crippen LogP contribution in [0.25, 0.3) is 0 Å². The van der Waals surface area contributed by atoms with E-state index in [1.807, 2.05) is 0 Å². The summed E-state index contributed by atoms with van der Waals surface area (Å²) in [4.78, 5) is 20.1. The minimum absolute atomic E-state index is 0.245. The second-order valence-electron chi connectivity index (χ2n) is 1.45. The van der Waals surface area contributed by atoms with Crippen molar-refractivity contribution in [2.45, 2.75) is 0 Å². The van der Waals surface area contributed by atoms with E-state index in [0.29, 0.717) is 0 Å². The van der Waals surface area contributed by atoms with Crippen LogP contribution >= 0.6 is 0 Å². The third-order valence-corrected chi connectivity index (χ3v) is 0.819. The van der Waals surface area contributed by atoms with E-state index in [4.69, 9.17) is 0 Å². The first-order chi connectivity index (χ1) is 4.33. The van der Waals surface area contributed by atoms with Gasteiger partial charge in [0.1, 0.15) is 6.26 Å². The Morgan fingerprint density at radius 1 is 1.44 bits per heavy atom. The maximum Gasteiger partial charge on any atom is 0.335 e. The Bertz CT molecular complexity index is 241. The van der Waals surface area contributed by atoms with Crippen molar-refractivity contribution in [3.63, 3.8) is 0 Å². The highest BCUT2D eigenvalue weighted by molar-refractivity contribution is 5.73. The second-order valence-corrected chi connectivity index (χ2v) is 1.45. The van der Waals surface area contributed by atoms with Crippen molar-refractivity contribution in [1.29, 1.82) is 0 Å². The third kappa shape index (κ3) is 1.25. The first-order valence-corrected chi connectivity index (χ1v) is 2.30. The van der Waals surface area contributed by atoms with Crippen molar-refractivity contribution < 1.29 is 9.21 Å². The molecular formula is C6H3O3. The third-order valence-electron chi connectivity index (χ3n) is 0.819. The molecule has 1 aromatic heterocycles. The highest BCUT2D eigenvalue weighted by Crippen LogP contribution is 1.86. The summed E-state index contributed by atoms with van der Waals surface area (Å²) in [7, 11) is 0. The highest BCUT2D eigenvalue weighted by Gasteiger charge is 1.88. The molecule has 0 spiro atoms. The van der Waals surface area contributed by atoms with Gasteiger partial charge >= 0.3 is 5.63 Å². The molecular weight excluding hydrogens is 120 g/mol. The molecule has 0 bridgehead atoms. The average Bonchev–Trinajstić information content (AvgIpc) is 1.90. The van der Waals surface area contributed by atoms with Gasteiger partial charge in [-0.2, -0.15) is 0 Å². The van der Waals surface area contributed by atoms with Crippen LogP contribution in [0.4, 0.5) is 0 Å². The van der Waals surface area contributed by atoms with Crippen molar-refractivity contribution in [2.75, 3.05) is 0 Å². The van der Waals surface area contributed by atoms with E-state index in [9.17, 15) is 9.59 Å². The van der Waals surface area contributed by atoms with Crippen molar-refractivity contribution >= 4 is 6.29 Å². The van der Waals surface area contributed by atoms with Crippen LogP contribution in [0, 0.1) is 0 Å². The molecule has 0 aliphatic heterocycles.